The van der Waals surface area contributed by atoms with Gasteiger partial charge in [-0.1, -0.05) is 20.3 Å². The minimum Gasteiger partial charge on any atom is -0.316 e. The van der Waals surface area contributed by atoms with Crippen LogP contribution in [0.5, 0.6) is 0 Å². The summed E-state index contributed by atoms with van der Waals surface area (Å²) in [7, 11) is 0. The Bertz CT molecular complexity index is 178. The highest BCUT2D eigenvalue weighted by Crippen LogP contribution is 2.51. The van der Waals surface area contributed by atoms with Crippen molar-refractivity contribution in [1.82, 2.24) is 5.32 Å². The molecule has 1 aliphatic carbocycles. The Kier molecular flexibility index (Phi) is 2.64. The first kappa shape index (κ1) is 9.51. The van der Waals surface area contributed by atoms with Gasteiger partial charge in [-0.3, -0.25) is 0 Å². The summed E-state index contributed by atoms with van der Waals surface area (Å²) >= 11 is 0. The molecule has 1 nitrogen and oxygen atoms in total. The topological polar surface area (TPSA) is 12.0 Å². The molecule has 0 aromatic rings. The molecule has 0 radical (unpaired) electrons. The molecule has 1 heteroatoms. The van der Waals surface area contributed by atoms with Crippen LogP contribution in [0.4, 0.5) is 0 Å². The van der Waals surface area contributed by atoms with Crippen LogP contribution in [0.1, 0.15) is 46.0 Å². The monoisotopic (exact) mass is 181 g/mol. The van der Waals surface area contributed by atoms with Crippen molar-refractivity contribution in [1.29, 1.82) is 0 Å². The van der Waals surface area contributed by atoms with Crippen LogP contribution in [0.15, 0.2) is 0 Å². The van der Waals surface area contributed by atoms with E-state index in [2.05, 4.69) is 19.2 Å². The third-order valence-electron chi connectivity index (χ3n) is 4.62. The van der Waals surface area contributed by atoms with Crippen molar-refractivity contribution >= 4 is 0 Å². The van der Waals surface area contributed by atoms with Crippen molar-refractivity contribution in [3.63, 3.8) is 0 Å². The summed E-state index contributed by atoms with van der Waals surface area (Å²) in [4.78, 5) is 0. The second-order valence-electron chi connectivity index (χ2n) is 5.23. The van der Waals surface area contributed by atoms with Crippen LogP contribution in [0.25, 0.3) is 0 Å². The summed E-state index contributed by atoms with van der Waals surface area (Å²) in [5.41, 5.74) is 0.742. The number of rotatable bonds is 1. The summed E-state index contributed by atoms with van der Waals surface area (Å²) in [6.45, 7) is 7.33. The Hall–Kier alpha value is -0.0400. The zero-order chi connectivity index (χ0) is 9.31. The fraction of sp³-hybridized carbons (Fsp3) is 1.00. The van der Waals surface area contributed by atoms with Gasteiger partial charge in [0, 0.05) is 0 Å². The van der Waals surface area contributed by atoms with Crippen LogP contribution in [0.2, 0.25) is 0 Å². The standard InChI is InChI=1S/C12H23N/c1-3-11-4-5-12(8-11)6-7-13-9-10(12)2/h10-11,13H,3-9H2,1-2H3. The van der Waals surface area contributed by atoms with E-state index < -0.39 is 0 Å². The lowest BCUT2D eigenvalue weighted by atomic mass is 9.70. The quantitative estimate of drug-likeness (QED) is 0.656. The van der Waals surface area contributed by atoms with Gasteiger partial charge in [-0.2, -0.15) is 0 Å². The molecule has 0 aromatic carbocycles. The van der Waals surface area contributed by atoms with E-state index in [0.717, 1.165) is 17.3 Å². The van der Waals surface area contributed by atoms with Crippen LogP contribution >= 0.6 is 0 Å². The largest absolute Gasteiger partial charge is 0.316 e. The van der Waals surface area contributed by atoms with E-state index in [1.165, 1.54) is 45.2 Å². The lowest BCUT2D eigenvalue weighted by Crippen LogP contribution is -2.42. The van der Waals surface area contributed by atoms with Crippen LogP contribution in [0.3, 0.4) is 0 Å². The molecule has 0 amide bonds. The summed E-state index contributed by atoms with van der Waals surface area (Å²) in [5, 5.41) is 3.52. The molecule has 3 atom stereocenters. The molecular formula is C12H23N. The summed E-state index contributed by atoms with van der Waals surface area (Å²) < 4.78 is 0. The molecule has 2 fully saturated rings. The van der Waals surface area contributed by atoms with Crippen LogP contribution in [-0.2, 0) is 0 Å². The highest BCUT2D eigenvalue weighted by molar-refractivity contribution is 4.95. The van der Waals surface area contributed by atoms with Gasteiger partial charge in [-0.25, -0.2) is 0 Å². The lowest BCUT2D eigenvalue weighted by molar-refractivity contribution is 0.122. The minimum absolute atomic E-state index is 0.742. The molecule has 2 rings (SSSR count). The fourth-order valence-corrected chi connectivity index (χ4v) is 3.41. The Balaban J connectivity index is 2.03. The van der Waals surface area contributed by atoms with E-state index in [9.17, 15) is 0 Å². The van der Waals surface area contributed by atoms with Gasteiger partial charge < -0.3 is 5.32 Å². The average molecular weight is 181 g/mol. The summed E-state index contributed by atoms with van der Waals surface area (Å²) in [6.07, 6.45) is 7.37. The molecule has 76 valence electrons. The molecule has 1 saturated carbocycles. The molecule has 13 heavy (non-hydrogen) atoms. The van der Waals surface area contributed by atoms with E-state index in [1.807, 2.05) is 0 Å². The first-order chi connectivity index (χ1) is 6.27. The predicted molar refractivity (Wildman–Crippen MR) is 56.7 cm³/mol. The third kappa shape index (κ3) is 1.63. The molecule has 1 aliphatic heterocycles. The smallest absolute Gasteiger partial charge is 0.00178 e. The molecule has 1 spiro atoms. The van der Waals surface area contributed by atoms with E-state index in [1.54, 1.807) is 0 Å². The highest BCUT2D eigenvalue weighted by atomic mass is 14.9. The average Bonchev–Trinajstić information content (AvgIpc) is 2.56. The van der Waals surface area contributed by atoms with E-state index in [-0.39, 0.29) is 0 Å². The van der Waals surface area contributed by atoms with Gasteiger partial charge >= 0.3 is 0 Å². The second-order valence-corrected chi connectivity index (χ2v) is 5.23. The van der Waals surface area contributed by atoms with Crippen LogP contribution < -0.4 is 5.32 Å². The molecule has 1 saturated heterocycles. The molecule has 0 aromatic heterocycles. The van der Waals surface area contributed by atoms with E-state index in [4.69, 9.17) is 0 Å². The summed E-state index contributed by atoms with van der Waals surface area (Å²) in [6, 6.07) is 0. The normalized spacial score (nSPS) is 45.7. The maximum Gasteiger partial charge on any atom is -0.00178 e. The van der Waals surface area contributed by atoms with E-state index >= 15 is 0 Å². The Morgan fingerprint density at radius 2 is 2.23 bits per heavy atom. The van der Waals surface area contributed by atoms with Crippen molar-refractivity contribution in [2.45, 2.75) is 46.0 Å². The molecule has 3 unspecified atom stereocenters. The minimum atomic E-state index is 0.742. The van der Waals surface area contributed by atoms with Gasteiger partial charge in [0.15, 0.2) is 0 Å². The van der Waals surface area contributed by atoms with Crippen LogP contribution in [-0.4, -0.2) is 13.1 Å². The van der Waals surface area contributed by atoms with Gasteiger partial charge in [0.1, 0.15) is 0 Å². The first-order valence-corrected chi connectivity index (χ1v) is 5.97. The zero-order valence-electron chi connectivity index (χ0n) is 9.10. The van der Waals surface area contributed by atoms with Crippen molar-refractivity contribution in [2.24, 2.45) is 17.3 Å². The zero-order valence-corrected chi connectivity index (χ0v) is 9.10. The lowest BCUT2D eigenvalue weighted by Gasteiger charge is -2.40. The van der Waals surface area contributed by atoms with Gasteiger partial charge in [-0.15, -0.1) is 0 Å². The second kappa shape index (κ2) is 3.61. The third-order valence-corrected chi connectivity index (χ3v) is 4.62. The molecule has 2 aliphatic rings. The Labute approximate surface area is 82.3 Å². The highest BCUT2D eigenvalue weighted by Gasteiger charge is 2.43. The van der Waals surface area contributed by atoms with Crippen molar-refractivity contribution in [3.05, 3.63) is 0 Å². The van der Waals surface area contributed by atoms with Crippen LogP contribution in [0, 0.1) is 17.3 Å². The van der Waals surface area contributed by atoms with Gasteiger partial charge in [0.2, 0.25) is 0 Å². The Morgan fingerprint density at radius 3 is 2.85 bits per heavy atom. The summed E-state index contributed by atoms with van der Waals surface area (Å²) in [5.74, 6) is 1.96. The Morgan fingerprint density at radius 1 is 1.38 bits per heavy atom. The number of hydrogen-bond donors (Lipinski definition) is 1. The van der Waals surface area contributed by atoms with Crippen molar-refractivity contribution < 1.29 is 0 Å². The number of piperidine rings is 1. The molecule has 0 bridgehead atoms. The maximum absolute atomic E-state index is 3.52. The number of hydrogen-bond acceptors (Lipinski definition) is 1. The van der Waals surface area contributed by atoms with Crippen molar-refractivity contribution in [2.75, 3.05) is 13.1 Å². The van der Waals surface area contributed by atoms with Gasteiger partial charge in [0.05, 0.1) is 0 Å². The predicted octanol–water partition coefficient (Wildman–Crippen LogP) is 2.81. The molecule has 1 heterocycles. The maximum atomic E-state index is 3.52. The fourth-order valence-electron chi connectivity index (χ4n) is 3.41. The van der Waals surface area contributed by atoms with Crippen molar-refractivity contribution in [3.8, 4) is 0 Å². The first-order valence-electron chi connectivity index (χ1n) is 5.97. The van der Waals surface area contributed by atoms with Gasteiger partial charge in [0.25, 0.3) is 0 Å². The van der Waals surface area contributed by atoms with Gasteiger partial charge in [-0.05, 0) is 56.0 Å². The number of nitrogens with one attached hydrogen (secondary N) is 1. The molecule has 1 N–H and O–H groups in total. The SMILES string of the molecule is CCC1CCC2(CCNCC2C)C1. The van der Waals surface area contributed by atoms with E-state index in [0.29, 0.717) is 0 Å². The molecular weight excluding hydrogens is 158 g/mol.